The van der Waals surface area contributed by atoms with Crippen LogP contribution in [0.1, 0.15) is 15.9 Å². The molecule has 0 heterocycles. The molecule has 0 aromatic heterocycles. The van der Waals surface area contributed by atoms with E-state index in [0.717, 1.165) is 6.07 Å². The summed E-state index contributed by atoms with van der Waals surface area (Å²) in [7, 11) is 1.43. The molecule has 0 aliphatic heterocycles. The van der Waals surface area contributed by atoms with Crippen LogP contribution >= 0.6 is 23.2 Å². The predicted molar refractivity (Wildman–Crippen MR) is 77.4 cm³/mol. The van der Waals surface area contributed by atoms with Gasteiger partial charge in [-0.1, -0.05) is 29.3 Å². The van der Waals surface area contributed by atoms with Crippen LogP contribution < -0.4 is 4.74 Å². The molecule has 104 valence electrons. The summed E-state index contributed by atoms with van der Waals surface area (Å²) in [5.41, 5.74) is 0.825. The number of benzene rings is 2. The lowest BCUT2D eigenvalue weighted by atomic mass is 10.0. The van der Waals surface area contributed by atoms with E-state index in [1.807, 2.05) is 0 Å². The number of halogens is 3. The van der Waals surface area contributed by atoms with Crippen LogP contribution in [-0.2, 0) is 6.42 Å². The van der Waals surface area contributed by atoms with Crippen molar-refractivity contribution in [3.63, 3.8) is 0 Å². The summed E-state index contributed by atoms with van der Waals surface area (Å²) in [4.78, 5) is 12.2. The van der Waals surface area contributed by atoms with E-state index < -0.39 is 5.82 Å². The van der Waals surface area contributed by atoms with Crippen LogP contribution in [0.25, 0.3) is 0 Å². The van der Waals surface area contributed by atoms with Crippen molar-refractivity contribution in [2.75, 3.05) is 7.11 Å². The lowest BCUT2D eigenvalue weighted by Crippen LogP contribution is -2.06. The zero-order chi connectivity index (χ0) is 14.7. The number of carbonyl (C=O) groups excluding carboxylic acids is 1. The average molecular weight is 313 g/mol. The van der Waals surface area contributed by atoms with Gasteiger partial charge in [0, 0.05) is 16.5 Å². The van der Waals surface area contributed by atoms with Gasteiger partial charge in [0.1, 0.15) is 11.6 Å². The Hall–Kier alpha value is -1.58. The van der Waals surface area contributed by atoms with Crippen molar-refractivity contribution >= 4 is 29.0 Å². The summed E-state index contributed by atoms with van der Waals surface area (Å²) in [6.45, 7) is 0. The van der Waals surface area contributed by atoms with E-state index in [9.17, 15) is 9.18 Å². The van der Waals surface area contributed by atoms with Crippen LogP contribution in [-0.4, -0.2) is 12.9 Å². The zero-order valence-electron chi connectivity index (χ0n) is 10.6. The highest BCUT2D eigenvalue weighted by Crippen LogP contribution is 2.25. The number of methoxy groups -OCH3 is 1. The third-order valence-electron chi connectivity index (χ3n) is 2.83. The topological polar surface area (TPSA) is 26.3 Å². The Labute approximate surface area is 126 Å². The summed E-state index contributed by atoms with van der Waals surface area (Å²) < 4.78 is 18.3. The molecule has 2 nitrogen and oxygen atoms in total. The van der Waals surface area contributed by atoms with Crippen molar-refractivity contribution < 1.29 is 13.9 Å². The van der Waals surface area contributed by atoms with E-state index in [0.29, 0.717) is 21.4 Å². The van der Waals surface area contributed by atoms with E-state index >= 15 is 0 Å². The number of hydrogen-bond acceptors (Lipinski definition) is 2. The second-order valence-corrected chi connectivity index (χ2v) is 5.02. The largest absolute Gasteiger partial charge is 0.496 e. The predicted octanol–water partition coefficient (Wildman–Crippen LogP) is 4.57. The van der Waals surface area contributed by atoms with Crippen molar-refractivity contribution in [3.05, 3.63) is 63.4 Å². The SMILES string of the molecule is COc1ccc(F)cc1C(=O)Cc1ccc(Cl)cc1Cl. The Morgan fingerprint density at radius 1 is 1.20 bits per heavy atom. The molecule has 0 amide bonds. The third-order valence-corrected chi connectivity index (χ3v) is 3.41. The molecule has 0 saturated heterocycles. The number of carbonyl (C=O) groups is 1. The van der Waals surface area contributed by atoms with Crippen LogP contribution in [0.5, 0.6) is 5.75 Å². The summed E-state index contributed by atoms with van der Waals surface area (Å²) in [6, 6.07) is 8.71. The van der Waals surface area contributed by atoms with Gasteiger partial charge in [-0.2, -0.15) is 0 Å². The summed E-state index contributed by atoms with van der Waals surface area (Å²) >= 11 is 11.8. The first-order chi connectivity index (χ1) is 9.51. The van der Waals surface area contributed by atoms with Gasteiger partial charge in [-0.25, -0.2) is 4.39 Å². The lowest BCUT2D eigenvalue weighted by Gasteiger charge is -2.09. The summed E-state index contributed by atoms with van der Waals surface area (Å²) in [5, 5.41) is 0.899. The van der Waals surface area contributed by atoms with Gasteiger partial charge in [0.25, 0.3) is 0 Å². The van der Waals surface area contributed by atoms with Crippen molar-refractivity contribution in [1.82, 2.24) is 0 Å². The first-order valence-corrected chi connectivity index (χ1v) is 6.57. The Bertz CT molecular complexity index is 656. The van der Waals surface area contributed by atoms with Crippen LogP contribution in [0, 0.1) is 5.82 Å². The number of Topliss-reactive ketones (excluding diaryl/α,β-unsaturated/α-hetero) is 1. The fraction of sp³-hybridized carbons (Fsp3) is 0.133. The molecule has 0 radical (unpaired) electrons. The van der Waals surface area contributed by atoms with Crippen molar-refractivity contribution in [3.8, 4) is 5.75 Å². The molecule has 2 rings (SSSR count). The Morgan fingerprint density at radius 2 is 1.95 bits per heavy atom. The molecular formula is C15H11Cl2FO2. The molecule has 0 bridgehead atoms. The van der Waals surface area contributed by atoms with Gasteiger partial charge < -0.3 is 4.74 Å². The molecule has 0 saturated carbocycles. The molecule has 0 atom stereocenters. The maximum Gasteiger partial charge on any atom is 0.171 e. The first kappa shape index (κ1) is 14.8. The van der Waals surface area contributed by atoms with Crippen LogP contribution in [0.15, 0.2) is 36.4 Å². The highest BCUT2D eigenvalue weighted by molar-refractivity contribution is 6.35. The Balaban J connectivity index is 2.30. The van der Waals surface area contributed by atoms with E-state index in [1.54, 1.807) is 18.2 Å². The molecule has 2 aromatic carbocycles. The third kappa shape index (κ3) is 3.30. The number of hydrogen-bond donors (Lipinski definition) is 0. The van der Waals surface area contributed by atoms with Crippen LogP contribution in [0.3, 0.4) is 0 Å². The molecule has 2 aromatic rings. The molecule has 0 fully saturated rings. The maximum absolute atomic E-state index is 13.3. The summed E-state index contributed by atoms with van der Waals surface area (Å²) in [6.07, 6.45) is 0.0514. The minimum atomic E-state index is -0.489. The van der Waals surface area contributed by atoms with Crippen LogP contribution in [0.4, 0.5) is 4.39 Å². The smallest absolute Gasteiger partial charge is 0.171 e. The molecule has 5 heteroatoms. The Morgan fingerprint density at radius 3 is 2.60 bits per heavy atom. The van der Waals surface area contributed by atoms with Crippen molar-refractivity contribution in [2.45, 2.75) is 6.42 Å². The van der Waals surface area contributed by atoms with Crippen molar-refractivity contribution in [1.29, 1.82) is 0 Å². The van der Waals surface area contributed by atoms with Gasteiger partial charge in [-0.05, 0) is 35.9 Å². The molecule has 0 spiro atoms. The van der Waals surface area contributed by atoms with E-state index in [-0.39, 0.29) is 17.8 Å². The normalized spacial score (nSPS) is 10.4. The molecule has 0 unspecified atom stereocenters. The minimum Gasteiger partial charge on any atom is -0.496 e. The fourth-order valence-electron chi connectivity index (χ4n) is 1.83. The van der Waals surface area contributed by atoms with Gasteiger partial charge in [0.15, 0.2) is 5.78 Å². The second kappa shape index (κ2) is 6.25. The van der Waals surface area contributed by atoms with Gasteiger partial charge >= 0.3 is 0 Å². The molecule has 0 aliphatic carbocycles. The molecular weight excluding hydrogens is 302 g/mol. The van der Waals surface area contributed by atoms with E-state index in [4.69, 9.17) is 27.9 Å². The molecule has 20 heavy (non-hydrogen) atoms. The molecule has 0 N–H and O–H groups in total. The van der Waals surface area contributed by atoms with Crippen LogP contribution in [0.2, 0.25) is 10.0 Å². The second-order valence-electron chi connectivity index (χ2n) is 4.18. The zero-order valence-corrected chi connectivity index (χ0v) is 12.1. The lowest BCUT2D eigenvalue weighted by molar-refractivity contribution is 0.0989. The summed E-state index contributed by atoms with van der Waals surface area (Å²) in [5.74, 6) is -0.427. The Kier molecular flexibility index (Phi) is 4.63. The highest BCUT2D eigenvalue weighted by Gasteiger charge is 2.15. The standard InChI is InChI=1S/C15H11Cl2FO2/c1-20-15-5-4-11(18)8-12(15)14(19)6-9-2-3-10(16)7-13(9)17/h2-5,7-8H,6H2,1H3. The highest BCUT2D eigenvalue weighted by atomic mass is 35.5. The minimum absolute atomic E-state index is 0.0514. The van der Waals surface area contributed by atoms with Gasteiger partial charge in [0.2, 0.25) is 0 Å². The van der Waals surface area contributed by atoms with Crippen molar-refractivity contribution in [2.24, 2.45) is 0 Å². The quantitative estimate of drug-likeness (QED) is 0.773. The average Bonchev–Trinajstić information content (AvgIpc) is 2.41. The molecule has 0 aliphatic rings. The monoisotopic (exact) mass is 312 g/mol. The van der Waals surface area contributed by atoms with E-state index in [2.05, 4.69) is 0 Å². The van der Waals surface area contributed by atoms with E-state index in [1.165, 1.54) is 19.2 Å². The number of ether oxygens (including phenoxy) is 1. The fourth-order valence-corrected chi connectivity index (χ4v) is 2.31. The van der Waals surface area contributed by atoms with Gasteiger partial charge in [-0.15, -0.1) is 0 Å². The van der Waals surface area contributed by atoms with Gasteiger partial charge in [-0.3, -0.25) is 4.79 Å². The number of ketones is 1. The number of rotatable bonds is 4. The van der Waals surface area contributed by atoms with Gasteiger partial charge in [0.05, 0.1) is 12.7 Å². The maximum atomic E-state index is 13.3. The first-order valence-electron chi connectivity index (χ1n) is 5.82.